The Morgan fingerprint density at radius 1 is 0.957 bits per heavy atom. The van der Waals surface area contributed by atoms with Crippen LogP contribution in [0.5, 0.6) is 11.5 Å². The fourth-order valence-corrected chi connectivity index (χ4v) is 2.89. The van der Waals surface area contributed by atoms with Crippen LogP contribution in [0.2, 0.25) is 0 Å². The van der Waals surface area contributed by atoms with Crippen molar-refractivity contribution in [2.24, 2.45) is 0 Å². The molecule has 0 aliphatic carbocycles. The molecular weight excluding hydrogens is 288 g/mol. The van der Waals surface area contributed by atoms with E-state index in [4.69, 9.17) is 9.47 Å². The standard InChI is InChI=1S/C20H14O3/c1-22-16-11-10-14-12-18(20(21)13-6-3-2-4-7-13)23-17-9-5-8-15(16)19(14)17/h2-12H,1H3. The van der Waals surface area contributed by atoms with Gasteiger partial charge in [0.2, 0.25) is 5.78 Å². The Hall–Kier alpha value is -3.07. The molecule has 0 aromatic heterocycles. The molecule has 0 spiro atoms. The minimum absolute atomic E-state index is 0.121. The predicted molar refractivity (Wildman–Crippen MR) is 89.9 cm³/mol. The Bertz CT molecular complexity index is 940. The van der Waals surface area contributed by atoms with Crippen molar-refractivity contribution in [3.05, 3.63) is 77.5 Å². The zero-order valence-corrected chi connectivity index (χ0v) is 12.6. The van der Waals surface area contributed by atoms with Crippen LogP contribution in [0.25, 0.3) is 16.8 Å². The lowest BCUT2D eigenvalue weighted by atomic mass is 9.98. The number of allylic oxidation sites excluding steroid dienone is 1. The minimum Gasteiger partial charge on any atom is -0.496 e. The third-order valence-electron chi connectivity index (χ3n) is 3.98. The molecular formula is C20H14O3. The van der Waals surface area contributed by atoms with E-state index < -0.39 is 0 Å². The number of benzene rings is 3. The van der Waals surface area contributed by atoms with Crippen LogP contribution >= 0.6 is 0 Å². The summed E-state index contributed by atoms with van der Waals surface area (Å²) < 4.78 is 11.3. The second-order valence-corrected chi connectivity index (χ2v) is 5.34. The Balaban J connectivity index is 1.86. The number of hydrogen-bond donors (Lipinski definition) is 0. The van der Waals surface area contributed by atoms with Gasteiger partial charge in [-0.15, -0.1) is 0 Å². The van der Waals surface area contributed by atoms with E-state index in [1.54, 1.807) is 25.3 Å². The highest BCUT2D eigenvalue weighted by Gasteiger charge is 2.22. The number of methoxy groups -OCH3 is 1. The molecule has 3 heteroatoms. The van der Waals surface area contributed by atoms with Gasteiger partial charge in [0, 0.05) is 16.3 Å². The van der Waals surface area contributed by atoms with Crippen LogP contribution < -0.4 is 9.47 Å². The van der Waals surface area contributed by atoms with Gasteiger partial charge in [0.05, 0.1) is 7.11 Å². The maximum Gasteiger partial charge on any atom is 0.228 e. The van der Waals surface area contributed by atoms with E-state index in [1.165, 1.54) is 0 Å². The maximum absolute atomic E-state index is 12.6. The number of ketones is 1. The van der Waals surface area contributed by atoms with Crippen molar-refractivity contribution < 1.29 is 14.3 Å². The summed E-state index contributed by atoms with van der Waals surface area (Å²) in [4.78, 5) is 12.6. The van der Waals surface area contributed by atoms with Crippen LogP contribution in [0.3, 0.4) is 0 Å². The number of carbonyl (C=O) groups is 1. The molecule has 0 N–H and O–H groups in total. The van der Waals surface area contributed by atoms with Gasteiger partial charge in [-0.3, -0.25) is 4.79 Å². The Morgan fingerprint density at radius 3 is 2.57 bits per heavy atom. The van der Waals surface area contributed by atoms with Gasteiger partial charge in [-0.05, 0) is 23.8 Å². The van der Waals surface area contributed by atoms with Gasteiger partial charge in [-0.2, -0.15) is 0 Å². The highest BCUT2D eigenvalue weighted by Crippen LogP contribution is 2.39. The first-order valence-electron chi connectivity index (χ1n) is 7.37. The summed E-state index contributed by atoms with van der Waals surface area (Å²) in [7, 11) is 1.65. The van der Waals surface area contributed by atoms with Crippen molar-refractivity contribution in [3.63, 3.8) is 0 Å². The lowest BCUT2D eigenvalue weighted by molar-refractivity contribution is 0.0988. The second-order valence-electron chi connectivity index (χ2n) is 5.34. The number of hydrogen-bond acceptors (Lipinski definition) is 3. The molecule has 1 heterocycles. The lowest BCUT2D eigenvalue weighted by Crippen LogP contribution is -2.12. The average Bonchev–Trinajstić information content (AvgIpc) is 2.62. The maximum atomic E-state index is 12.6. The summed E-state index contributed by atoms with van der Waals surface area (Å²) in [6.07, 6.45) is 1.80. The molecule has 3 nitrogen and oxygen atoms in total. The summed E-state index contributed by atoms with van der Waals surface area (Å²) in [5, 5.41) is 1.95. The van der Waals surface area contributed by atoms with Crippen LogP contribution in [0.15, 0.2) is 66.4 Å². The first-order valence-corrected chi connectivity index (χ1v) is 7.37. The van der Waals surface area contributed by atoms with Gasteiger partial charge in [0.15, 0.2) is 5.76 Å². The van der Waals surface area contributed by atoms with E-state index in [0.29, 0.717) is 17.1 Å². The molecule has 0 saturated carbocycles. The molecule has 3 aromatic carbocycles. The van der Waals surface area contributed by atoms with E-state index in [9.17, 15) is 4.79 Å². The predicted octanol–water partition coefficient (Wildman–Crippen LogP) is 4.46. The summed E-state index contributed by atoms with van der Waals surface area (Å²) in [6.45, 7) is 0. The highest BCUT2D eigenvalue weighted by molar-refractivity contribution is 6.13. The van der Waals surface area contributed by atoms with Gasteiger partial charge in [0.25, 0.3) is 0 Å². The third kappa shape index (κ3) is 2.18. The molecule has 1 aliphatic heterocycles. The van der Waals surface area contributed by atoms with Crippen LogP contribution in [0.4, 0.5) is 0 Å². The van der Waals surface area contributed by atoms with Gasteiger partial charge in [-0.1, -0.05) is 48.5 Å². The minimum atomic E-state index is -0.121. The van der Waals surface area contributed by atoms with Crippen molar-refractivity contribution in [2.45, 2.75) is 0 Å². The van der Waals surface area contributed by atoms with Crippen molar-refractivity contribution in [1.82, 2.24) is 0 Å². The molecule has 23 heavy (non-hydrogen) atoms. The van der Waals surface area contributed by atoms with Crippen molar-refractivity contribution in [3.8, 4) is 11.5 Å². The molecule has 0 atom stereocenters. The quantitative estimate of drug-likeness (QED) is 0.670. The van der Waals surface area contributed by atoms with E-state index >= 15 is 0 Å². The average molecular weight is 302 g/mol. The lowest BCUT2D eigenvalue weighted by Gasteiger charge is -2.19. The smallest absolute Gasteiger partial charge is 0.228 e. The van der Waals surface area contributed by atoms with E-state index in [0.717, 1.165) is 22.1 Å². The summed E-state index contributed by atoms with van der Waals surface area (Å²) >= 11 is 0. The van der Waals surface area contributed by atoms with E-state index in [2.05, 4.69) is 0 Å². The topological polar surface area (TPSA) is 35.5 Å². The van der Waals surface area contributed by atoms with Gasteiger partial charge >= 0.3 is 0 Å². The van der Waals surface area contributed by atoms with Crippen molar-refractivity contribution in [2.75, 3.05) is 7.11 Å². The van der Waals surface area contributed by atoms with Crippen LogP contribution in [0.1, 0.15) is 15.9 Å². The third-order valence-corrected chi connectivity index (χ3v) is 3.98. The summed E-state index contributed by atoms with van der Waals surface area (Å²) in [5.74, 6) is 1.68. The fraction of sp³-hybridized carbons (Fsp3) is 0.0500. The number of carbonyl (C=O) groups excluding carboxylic acids is 1. The monoisotopic (exact) mass is 302 g/mol. The normalized spacial score (nSPS) is 12.5. The molecule has 3 aromatic rings. The molecule has 0 bridgehead atoms. The summed E-state index contributed by atoms with van der Waals surface area (Å²) in [6, 6.07) is 18.8. The number of rotatable bonds is 3. The molecule has 0 saturated heterocycles. The summed E-state index contributed by atoms with van der Waals surface area (Å²) in [5.41, 5.74) is 1.57. The molecule has 0 amide bonds. The largest absolute Gasteiger partial charge is 0.496 e. The van der Waals surface area contributed by atoms with Gasteiger partial charge < -0.3 is 9.47 Å². The van der Waals surface area contributed by atoms with Gasteiger partial charge in [-0.25, -0.2) is 0 Å². The van der Waals surface area contributed by atoms with Crippen molar-refractivity contribution >= 4 is 22.6 Å². The Labute approximate surface area is 133 Å². The van der Waals surface area contributed by atoms with E-state index in [-0.39, 0.29) is 5.78 Å². The zero-order valence-electron chi connectivity index (χ0n) is 12.6. The Kier molecular flexibility index (Phi) is 3.12. The number of Topliss-reactive ketones (excluding diaryl/α,β-unsaturated/α-hetero) is 1. The highest BCUT2D eigenvalue weighted by atomic mass is 16.5. The molecule has 4 rings (SSSR count). The fourth-order valence-electron chi connectivity index (χ4n) is 2.89. The SMILES string of the molecule is COc1ccc2c3c(cccc13)OC(C(=O)c1ccccc1)=C2. The molecule has 1 aliphatic rings. The second kappa shape index (κ2) is 5.29. The Morgan fingerprint density at radius 2 is 1.78 bits per heavy atom. The first kappa shape index (κ1) is 13.6. The number of ether oxygens (including phenoxy) is 2. The zero-order chi connectivity index (χ0) is 15.8. The molecule has 112 valence electrons. The first-order chi connectivity index (χ1) is 11.3. The van der Waals surface area contributed by atoms with Crippen LogP contribution in [-0.4, -0.2) is 12.9 Å². The van der Waals surface area contributed by atoms with Crippen LogP contribution in [-0.2, 0) is 0 Å². The van der Waals surface area contributed by atoms with E-state index in [1.807, 2.05) is 48.5 Å². The molecule has 0 radical (unpaired) electrons. The molecule has 0 unspecified atom stereocenters. The molecule has 0 fully saturated rings. The van der Waals surface area contributed by atoms with Crippen molar-refractivity contribution in [1.29, 1.82) is 0 Å². The van der Waals surface area contributed by atoms with Gasteiger partial charge in [0.1, 0.15) is 11.5 Å². The van der Waals surface area contributed by atoms with Crippen LogP contribution in [0, 0.1) is 0 Å².